The maximum atomic E-state index is 12.7. The van der Waals surface area contributed by atoms with Gasteiger partial charge >= 0.3 is 0 Å². The molecule has 0 radical (unpaired) electrons. The molecule has 2 aliphatic rings. The Bertz CT molecular complexity index is 787. The molecule has 2 fully saturated rings. The van der Waals surface area contributed by atoms with Crippen molar-refractivity contribution in [3.63, 3.8) is 0 Å². The van der Waals surface area contributed by atoms with E-state index in [0.29, 0.717) is 44.1 Å². The van der Waals surface area contributed by atoms with Crippen molar-refractivity contribution in [3.05, 3.63) is 30.2 Å². The van der Waals surface area contributed by atoms with Gasteiger partial charge in [-0.2, -0.15) is 4.98 Å². The minimum absolute atomic E-state index is 0.218. The summed E-state index contributed by atoms with van der Waals surface area (Å²) in [6.45, 7) is 1.37. The van der Waals surface area contributed by atoms with Crippen LogP contribution in [-0.4, -0.2) is 53.4 Å². The van der Waals surface area contributed by atoms with E-state index in [0.717, 1.165) is 24.2 Å². The van der Waals surface area contributed by atoms with Gasteiger partial charge < -0.3 is 18.9 Å². The Hall–Kier alpha value is -2.41. The summed E-state index contributed by atoms with van der Waals surface area (Å²) in [6.07, 6.45) is 6.57. The number of benzene rings is 1. The lowest BCUT2D eigenvalue weighted by molar-refractivity contribution is -0.149. The molecule has 0 spiro atoms. The molecule has 0 bridgehead atoms. The van der Waals surface area contributed by atoms with Crippen LogP contribution in [0.2, 0.25) is 0 Å². The van der Waals surface area contributed by atoms with E-state index in [9.17, 15) is 4.79 Å². The molecule has 1 saturated carbocycles. The van der Waals surface area contributed by atoms with Crippen LogP contribution in [0.1, 0.15) is 44.4 Å². The minimum Gasteiger partial charge on any atom is -0.497 e. The van der Waals surface area contributed by atoms with E-state index >= 15 is 0 Å². The van der Waals surface area contributed by atoms with Gasteiger partial charge in [-0.3, -0.25) is 4.79 Å². The second-order valence-corrected chi connectivity index (χ2v) is 7.44. The van der Waals surface area contributed by atoms with Gasteiger partial charge in [0.05, 0.1) is 25.9 Å². The Morgan fingerprint density at radius 2 is 2.07 bits per heavy atom. The van der Waals surface area contributed by atoms with E-state index in [-0.39, 0.29) is 18.1 Å². The van der Waals surface area contributed by atoms with Crippen LogP contribution in [0, 0.1) is 0 Å². The number of fused-ring (bicyclic) bond motifs is 1. The normalized spacial score (nSPS) is 22.0. The predicted octanol–water partition coefficient (Wildman–Crippen LogP) is 3.24. The fourth-order valence-corrected chi connectivity index (χ4v) is 4.15. The first-order valence-electron chi connectivity index (χ1n) is 10.1. The van der Waals surface area contributed by atoms with Crippen molar-refractivity contribution in [1.82, 2.24) is 15.0 Å². The largest absolute Gasteiger partial charge is 0.497 e. The van der Waals surface area contributed by atoms with E-state index in [1.807, 2.05) is 29.2 Å². The third-order valence-corrected chi connectivity index (χ3v) is 5.65. The van der Waals surface area contributed by atoms with Crippen molar-refractivity contribution in [3.8, 4) is 17.1 Å². The van der Waals surface area contributed by atoms with E-state index < -0.39 is 0 Å². The predicted molar refractivity (Wildman–Crippen MR) is 103 cm³/mol. The lowest BCUT2D eigenvalue weighted by Crippen LogP contribution is -2.54. The Labute approximate surface area is 165 Å². The first kappa shape index (κ1) is 18.9. The monoisotopic (exact) mass is 385 g/mol. The number of carbonyl (C=O) groups excluding carboxylic acids is 1. The highest BCUT2D eigenvalue weighted by Crippen LogP contribution is 2.29. The number of ether oxygens (including phenoxy) is 2. The zero-order valence-electron chi connectivity index (χ0n) is 16.3. The van der Waals surface area contributed by atoms with Crippen LogP contribution in [0.15, 0.2) is 28.8 Å². The van der Waals surface area contributed by atoms with Gasteiger partial charge in [-0.1, -0.05) is 18.0 Å². The third kappa shape index (κ3) is 4.19. The fraction of sp³-hybridized carbons (Fsp3) is 0.571. The summed E-state index contributed by atoms with van der Waals surface area (Å²) in [4.78, 5) is 19.2. The highest BCUT2D eigenvalue weighted by Gasteiger charge is 2.36. The number of hydrogen-bond donors (Lipinski definition) is 0. The van der Waals surface area contributed by atoms with Crippen molar-refractivity contribution < 1.29 is 18.8 Å². The maximum absolute atomic E-state index is 12.7. The first-order chi connectivity index (χ1) is 13.7. The Morgan fingerprint density at radius 3 is 2.89 bits per heavy atom. The lowest BCUT2D eigenvalue weighted by Gasteiger charge is -2.43. The summed E-state index contributed by atoms with van der Waals surface area (Å²) in [5, 5.41) is 4.04. The number of rotatable bonds is 6. The van der Waals surface area contributed by atoms with Crippen molar-refractivity contribution in [2.75, 3.05) is 20.3 Å². The number of aromatic nitrogens is 2. The molecule has 0 unspecified atom stereocenters. The first-order valence-corrected chi connectivity index (χ1v) is 10.1. The van der Waals surface area contributed by atoms with E-state index in [1.54, 1.807) is 7.11 Å². The Morgan fingerprint density at radius 1 is 1.25 bits per heavy atom. The van der Waals surface area contributed by atoms with Gasteiger partial charge in [0.15, 0.2) is 0 Å². The summed E-state index contributed by atoms with van der Waals surface area (Å²) >= 11 is 0. The number of morpholine rings is 1. The van der Waals surface area contributed by atoms with Gasteiger partial charge in [-0.25, -0.2) is 0 Å². The lowest BCUT2D eigenvalue weighted by atomic mass is 9.90. The molecule has 1 amide bonds. The quantitative estimate of drug-likeness (QED) is 0.760. The Balaban J connectivity index is 1.29. The molecular weight excluding hydrogens is 358 g/mol. The van der Waals surface area contributed by atoms with Crippen LogP contribution in [0.25, 0.3) is 11.4 Å². The van der Waals surface area contributed by atoms with Gasteiger partial charge in [0.2, 0.25) is 17.6 Å². The molecule has 1 aliphatic carbocycles. The van der Waals surface area contributed by atoms with Crippen LogP contribution in [0.4, 0.5) is 0 Å². The third-order valence-electron chi connectivity index (χ3n) is 5.65. The second kappa shape index (κ2) is 8.73. The van der Waals surface area contributed by atoms with Crippen molar-refractivity contribution in [1.29, 1.82) is 0 Å². The second-order valence-electron chi connectivity index (χ2n) is 7.44. The summed E-state index contributed by atoms with van der Waals surface area (Å²) in [5.74, 6) is 2.13. The number of carbonyl (C=O) groups is 1. The molecule has 28 heavy (non-hydrogen) atoms. The topological polar surface area (TPSA) is 77.7 Å². The van der Waals surface area contributed by atoms with Crippen LogP contribution >= 0.6 is 0 Å². The van der Waals surface area contributed by atoms with E-state index in [4.69, 9.17) is 14.0 Å². The molecule has 1 saturated heterocycles. The van der Waals surface area contributed by atoms with Gasteiger partial charge in [0, 0.05) is 24.9 Å². The summed E-state index contributed by atoms with van der Waals surface area (Å²) in [5.41, 5.74) is 0.878. The molecule has 1 aliphatic heterocycles. The van der Waals surface area contributed by atoms with Crippen LogP contribution in [0.3, 0.4) is 0 Å². The zero-order chi connectivity index (χ0) is 19.3. The number of amides is 1. The number of methoxy groups -OCH3 is 1. The molecule has 7 heteroatoms. The number of nitrogens with zero attached hydrogens (tertiary/aromatic N) is 3. The van der Waals surface area contributed by atoms with E-state index in [2.05, 4.69) is 10.1 Å². The average molecular weight is 385 g/mol. The van der Waals surface area contributed by atoms with Crippen LogP contribution < -0.4 is 4.74 Å². The molecule has 1 aromatic heterocycles. The highest BCUT2D eigenvalue weighted by atomic mass is 16.5. The standard InChI is InChI=1S/C21H27N3O4/c1-26-16-11-9-15(10-12-16)21-22-19(28-23-21)7-4-8-20(25)24-13-14-27-18-6-3-2-5-17(18)24/h9-12,17-18H,2-8,13-14H2,1H3/t17-,18-/m0/s1. The summed E-state index contributed by atoms with van der Waals surface area (Å²) in [6, 6.07) is 7.79. The molecule has 2 atom stereocenters. The SMILES string of the molecule is COc1ccc(-c2noc(CCCC(=O)N3CCO[C@H]4CCCC[C@@H]43)n2)cc1. The molecule has 0 N–H and O–H groups in total. The average Bonchev–Trinajstić information content (AvgIpc) is 3.22. The molecule has 2 heterocycles. The van der Waals surface area contributed by atoms with Crippen LogP contribution in [-0.2, 0) is 16.0 Å². The molecule has 1 aromatic carbocycles. The van der Waals surface area contributed by atoms with Gasteiger partial charge in [0.25, 0.3) is 0 Å². The van der Waals surface area contributed by atoms with Crippen molar-refractivity contribution in [2.24, 2.45) is 0 Å². The van der Waals surface area contributed by atoms with E-state index in [1.165, 1.54) is 12.8 Å². The molecular formula is C21H27N3O4. The molecule has 2 aromatic rings. The number of aryl methyl sites for hydroxylation is 1. The Kier molecular flexibility index (Phi) is 5.90. The molecule has 150 valence electrons. The van der Waals surface area contributed by atoms with Gasteiger partial charge in [0.1, 0.15) is 5.75 Å². The zero-order valence-corrected chi connectivity index (χ0v) is 16.3. The highest BCUT2D eigenvalue weighted by molar-refractivity contribution is 5.76. The van der Waals surface area contributed by atoms with Crippen molar-refractivity contribution in [2.45, 2.75) is 57.1 Å². The summed E-state index contributed by atoms with van der Waals surface area (Å²) in [7, 11) is 1.63. The molecule has 7 nitrogen and oxygen atoms in total. The number of hydrogen-bond acceptors (Lipinski definition) is 6. The smallest absolute Gasteiger partial charge is 0.226 e. The maximum Gasteiger partial charge on any atom is 0.226 e. The minimum atomic E-state index is 0.218. The van der Waals surface area contributed by atoms with Gasteiger partial charge in [-0.15, -0.1) is 0 Å². The summed E-state index contributed by atoms with van der Waals surface area (Å²) < 4.78 is 16.4. The van der Waals surface area contributed by atoms with Crippen molar-refractivity contribution >= 4 is 5.91 Å². The fourth-order valence-electron chi connectivity index (χ4n) is 4.15. The van der Waals surface area contributed by atoms with Gasteiger partial charge in [-0.05, 0) is 43.5 Å². The molecule has 4 rings (SSSR count). The van der Waals surface area contributed by atoms with Crippen LogP contribution in [0.5, 0.6) is 5.75 Å².